The molecule has 0 aliphatic carbocycles. The van der Waals surface area contributed by atoms with E-state index in [4.69, 9.17) is 165 Å². The molecule has 2 aliphatic heterocycles. The monoisotopic (exact) mass is 1190 g/mol. The molecule has 2 fully saturated rings. The standard InChI is InChI=1S/C12H22O11.8H2O4S.Zn/c13-1-4-6(16)8(18)9(19)11(21-4)23-12(3-15)10(20)7(17)5(2-14)22-12;8*1-5(2,3)4;/h4-11,13-20H,1-3H2;8*(H2,1,2,3,4);/t4-,5-,6-,7-,8+,9-,10+,11-,12+;;;;;;;;;/m1........./s1. The zero-order chi connectivity index (χ0) is 53.4. The summed E-state index contributed by atoms with van der Waals surface area (Å²) in [6.07, 6.45) is -12.7. The molecule has 0 unspecified atom stereocenters. The van der Waals surface area contributed by atoms with Gasteiger partial charge in [-0.1, -0.05) is 0 Å². The van der Waals surface area contributed by atoms with Crippen LogP contribution in [0.1, 0.15) is 0 Å². The first-order chi connectivity index (χ1) is 26.8. The minimum atomic E-state index is -4.67. The summed E-state index contributed by atoms with van der Waals surface area (Å²) in [6, 6.07) is 0. The summed E-state index contributed by atoms with van der Waals surface area (Å²) >= 11 is 0. The predicted octanol–water partition coefficient (Wildman–Crippen LogP) is -10.6. The molecule has 394 valence electrons. The van der Waals surface area contributed by atoms with Crippen molar-refractivity contribution in [2.45, 2.75) is 54.8 Å². The molecule has 2 aliphatic rings. The topological polar surface area (TPSA) is 786 Å². The van der Waals surface area contributed by atoms with E-state index in [1.54, 1.807) is 0 Å². The normalized spacial score (nSPS) is 25.6. The van der Waals surface area contributed by atoms with Gasteiger partial charge in [0.05, 0.1) is 13.2 Å². The van der Waals surface area contributed by atoms with E-state index in [1.807, 2.05) is 0 Å². The fraction of sp³-hybridized carbons (Fsp3) is 1.00. The Morgan fingerprint density at radius 3 is 0.766 bits per heavy atom. The second-order valence-electron chi connectivity index (χ2n) is 9.14. The summed E-state index contributed by atoms with van der Waals surface area (Å²) in [7, 11) is -37.3. The second kappa shape index (κ2) is 33.6. The zero-order valence-corrected chi connectivity index (χ0v) is 39.2. The van der Waals surface area contributed by atoms with Gasteiger partial charge in [0.1, 0.15) is 49.3 Å². The van der Waals surface area contributed by atoms with Gasteiger partial charge in [-0.05, 0) is 0 Å². The molecule has 0 aromatic rings. The molecule has 64 heavy (non-hydrogen) atoms. The average Bonchev–Trinajstić information content (AvgIpc) is 3.15. The first-order valence-corrected chi connectivity index (χ1v) is 23.8. The van der Waals surface area contributed by atoms with E-state index < -0.39 is 158 Å². The molecule has 2 heterocycles. The van der Waals surface area contributed by atoms with Crippen molar-refractivity contribution < 1.29 is 215 Å². The molecule has 0 bridgehead atoms. The number of aliphatic hydroxyl groups is 8. The van der Waals surface area contributed by atoms with Gasteiger partial charge in [0.15, 0.2) is 6.29 Å². The minimum Gasteiger partial charge on any atom is -0.394 e. The number of ether oxygens (including phenoxy) is 3. The molecule has 0 amide bonds. The number of hydrogen-bond acceptors (Lipinski definition) is 27. The van der Waals surface area contributed by atoms with Gasteiger partial charge in [0, 0.05) is 19.5 Å². The maximum atomic E-state index is 10.00. The Morgan fingerprint density at radius 2 is 0.594 bits per heavy atom. The van der Waals surface area contributed by atoms with Crippen LogP contribution in [-0.2, 0) is 117 Å². The van der Waals surface area contributed by atoms with E-state index in [0.717, 1.165) is 0 Å². The van der Waals surface area contributed by atoms with Crippen molar-refractivity contribution in [1.82, 2.24) is 0 Å². The molecular weight excluding hydrogens is 1150 g/mol. The molecule has 0 aromatic heterocycles. The van der Waals surface area contributed by atoms with Gasteiger partial charge in [-0.2, -0.15) is 67.3 Å². The van der Waals surface area contributed by atoms with Gasteiger partial charge in [0.2, 0.25) is 5.79 Å². The fourth-order valence-electron chi connectivity index (χ4n) is 2.63. The van der Waals surface area contributed by atoms with E-state index in [9.17, 15) is 30.6 Å². The smallest absolute Gasteiger partial charge is 0.394 e. The van der Waals surface area contributed by atoms with E-state index in [-0.39, 0.29) is 19.5 Å². The summed E-state index contributed by atoms with van der Waals surface area (Å²) in [5.41, 5.74) is 0. The first kappa shape index (κ1) is 80.2. The van der Waals surface area contributed by atoms with Crippen LogP contribution in [0.4, 0.5) is 0 Å². The Kier molecular flexibility index (Phi) is 42.1. The van der Waals surface area contributed by atoms with Gasteiger partial charge in [-0.15, -0.1) is 0 Å². The van der Waals surface area contributed by atoms with Crippen LogP contribution < -0.4 is 0 Å². The molecular formula is C12H38O43S8Zn. The van der Waals surface area contributed by atoms with E-state index in [2.05, 4.69) is 0 Å². The summed E-state index contributed by atoms with van der Waals surface area (Å²) < 4.78 is 268. The molecule has 0 radical (unpaired) electrons. The number of rotatable bonds is 5. The van der Waals surface area contributed by atoms with Crippen LogP contribution >= 0.6 is 0 Å². The third kappa shape index (κ3) is 88.0. The van der Waals surface area contributed by atoms with Crippen LogP contribution in [0.5, 0.6) is 0 Å². The zero-order valence-electron chi connectivity index (χ0n) is 29.7. The maximum Gasteiger partial charge on any atom is 0.394 e. The van der Waals surface area contributed by atoms with Crippen molar-refractivity contribution in [2.24, 2.45) is 0 Å². The SMILES string of the molecule is O=S(=O)(O)O.O=S(=O)(O)O.O=S(=O)(O)O.O=S(=O)(O)O.O=S(=O)(O)O.O=S(=O)(O)O.O=S(=O)(O)O.O=S(=O)(O)O.OC[C@H]1O[C@@](CO)(O[C@H]2O[C@H](CO)[C@@H](O)[C@H](O)[C@H]2O)[C@@H](O)[C@@H]1O.[Zn]. The maximum absolute atomic E-state index is 10.00. The predicted molar refractivity (Wildman–Crippen MR) is 182 cm³/mol. The van der Waals surface area contributed by atoms with Crippen molar-refractivity contribution >= 4 is 83.2 Å². The molecule has 43 nitrogen and oxygen atoms in total. The largest absolute Gasteiger partial charge is 0.394 e. The Hall–Kier alpha value is -0.857. The average molecular weight is 1190 g/mol. The molecule has 24 N–H and O–H groups in total. The summed E-state index contributed by atoms with van der Waals surface area (Å²) in [5, 5.41) is 76.7. The van der Waals surface area contributed by atoms with Crippen LogP contribution in [0, 0.1) is 0 Å². The van der Waals surface area contributed by atoms with Gasteiger partial charge < -0.3 is 55.1 Å². The van der Waals surface area contributed by atoms with Gasteiger partial charge in [-0.3, -0.25) is 72.8 Å². The van der Waals surface area contributed by atoms with Crippen molar-refractivity contribution in [3.63, 3.8) is 0 Å². The van der Waals surface area contributed by atoms with Crippen molar-refractivity contribution in [3.8, 4) is 0 Å². The van der Waals surface area contributed by atoms with Crippen molar-refractivity contribution in [3.05, 3.63) is 0 Å². The van der Waals surface area contributed by atoms with Crippen molar-refractivity contribution in [2.75, 3.05) is 19.8 Å². The molecule has 0 aromatic carbocycles. The third-order valence-corrected chi connectivity index (χ3v) is 4.07. The molecule has 0 spiro atoms. The summed E-state index contributed by atoms with van der Waals surface area (Å²) in [6.45, 7) is -2.32. The number of hydrogen-bond donors (Lipinski definition) is 24. The Balaban J connectivity index is -0.000000105. The van der Waals surface area contributed by atoms with E-state index in [0.29, 0.717) is 0 Å². The quantitative estimate of drug-likeness (QED) is 0.0898. The molecule has 2 rings (SSSR count). The van der Waals surface area contributed by atoms with Gasteiger partial charge in [0.25, 0.3) is 0 Å². The summed E-state index contributed by atoms with van der Waals surface area (Å²) in [5.74, 6) is -2.22. The van der Waals surface area contributed by atoms with Gasteiger partial charge >= 0.3 is 83.2 Å². The van der Waals surface area contributed by atoms with Crippen LogP contribution in [0.3, 0.4) is 0 Å². The van der Waals surface area contributed by atoms with Crippen LogP contribution in [0.15, 0.2) is 0 Å². The third-order valence-electron chi connectivity index (χ3n) is 4.07. The molecule has 52 heteroatoms. The number of aliphatic hydroxyl groups excluding tert-OH is 8. The van der Waals surface area contributed by atoms with Crippen molar-refractivity contribution in [1.29, 1.82) is 0 Å². The second-order valence-corrected chi connectivity index (χ2v) is 16.3. The Morgan fingerprint density at radius 1 is 0.375 bits per heavy atom. The fourth-order valence-corrected chi connectivity index (χ4v) is 2.63. The molecule has 9 atom stereocenters. The van der Waals surface area contributed by atoms with Crippen LogP contribution in [-0.4, -0.2) is 256 Å². The van der Waals surface area contributed by atoms with E-state index in [1.165, 1.54) is 0 Å². The first-order valence-electron chi connectivity index (χ1n) is 12.6. The van der Waals surface area contributed by atoms with E-state index >= 15 is 0 Å². The minimum absolute atomic E-state index is 0. The summed E-state index contributed by atoms with van der Waals surface area (Å²) in [4.78, 5) is 0. The van der Waals surface area contributed by atoms with Gasteiger partial charge in [-0.25, -0.2) is 0 Å². The van der Waals surface area contributed by atoms with Crippen LogP contribution in [0.25, 0.3) is 0 Å². The van der Waals surface area contributed by atoms with Crippen LogP contribution in [0.2, 0.25) is 0 Å². The Labute approximate surface area is 370 Å². The molecule has 0 saturated carbocycles. The molecule has 2 saturated heterocycles. The Bertz CT molecular complexity index is 1720.